The van der Waals surface area contributed by atoms with E-state index < -0.39 is 0 Å². The van der Waals surface area contributed by atoms with Crippen molar-refractivity contribution < 1.29 is 4.39 Å². The molecule has 1 aromatic heterocycles. The van der Waals surface area contributed by atoms with Crippen LogP contribution < -0.4 is 5.32 Å². The molecule has 1 aliphatic heterocycles. The van der Waals surface area contributed by atoms with E-state index in [0.717, 1.165) is 41.1 Å². The molecule has 19 heavy (non-hydrogen) atoms. The van der Waals surface area contributed by atoms with Crippen molar-refractivity contribution in [2.45, 2.75) is 18.8 Å². The Morgan fingerprint density at radius 1 is 1.32 bits per heavy atom. The van der Waals surface area contributed by atoms with Gasteiger partial charge in [0.05, 0.1) is 10.7 Å². The van der Waals surface area contributed by atoms with Gasteiger partial charge in [-0.3, -0.25) is 0 Å². The standard InChI is InChI=1S/C14H14BrFN2S/c15-10-1-2-11(12(16)7-10)13-8-19-14(18-13)9-3-5-17-6-4-9/h1-2,7-9,17H,3-6H2. The number of aromatic nitrogens is 1. The predicted molar refractivity (Wildman–Crippen MR) is 80.1 cm³/mol. The summed E-state index contributed by atoms with van der Waals surface area (Å²) in [6.45, 7) is 2.10. The fourth-order valence-corrected chi connectivity index (χ4v) is 3.69. The SMILES string of the molecule is Fc1cc(Br)ccc1-c1csc(C2CCNCC2)n1. The second-order valence-electron chi connectivity index (χ2n) is 4.72. The van der Waals surface area contributed by atoms with Gasteiger partial charge in [0.15, 0.2) is 0 Å². The Hall–Kier alpha value is -0.780. The van der Waals surface area contributed by atoms with Crippen LogP contribution in [0.15, 0.2) is 28.1 Å². The molecule has 3 rings (SSSR count). The Kier molecular flexibility index (Phi) is 3.96. The highest BCUT2D eigenvalue weighted by Gasteiger charge is 2.19. The fraction of sp³-hybridized carbons (Fsp3) is 0.357. The molecule has 1 aliphatic rings. The molecule has 0 radical (unpaired) electrons. The molecule has 2 aromatic rings. The van der Waals surface area contributed by atoms with Gasteiger partial charge in [-0.25, -0.2) is 9.37 Å². The molecule has 1 fully saturated rings. The first kappa shape index (κ1) is 13.2. The maximum Gasteiger partial charge on any atom is 0.133 e. The molecule has 2 nitrogen and oxygen atoms in total. The highest BCUT2D eigenvalue weighted by molar-refractivity contribution is 9.10. The van der Waals surface area contributed by atoms with Gasteiger partial charge in [0.2, 0.25) is 0 Å². The zero-order valence-corrected chi connectivity index (χ0v) is 12.7. The van der Waals surface area contributed by atoms with Crippen LogP contribution in [0, 0.1) is 5.82 Å². The Morgan fingerprint density at radius 2 is 2.11 bits per heavy atom. The molecular weight excluding hydrogens is 327 g/mol. The molecule has 0 saturated carbocycles. The third-order valence-corrected chi connectivity index (χ3v) is 4.92. The number of halogens is 2. The summed E-state index contributed by atoms with van der Waals surface area (Å²) in [5, 5.41) is 6.45. The Bertz CT molecular complexity index is 579. The van der Waals surface area contributed by atoms with Gasteiger partial charge in [-0.2, -0.15) is 0 Å². The quantitative estimate of drug-likeness (QED) is 0.886. The Labute approximate surface area is 124 Å². The van der Waals surface area contributed by atoms with Gasteiger partial charge >= 0.3 is 0 Å². The van der Waals surface area contributed by atoms with Crippen LogP contribution in [0.25, 0.3) is 11.3 Å². The molecule has 2 heterocycles. The van der Waals surface area contributed by atoms with E-state index in [1.54, 1.807) is 17.4 Å². The minimum absolute atomic E-state index is 0.225. The van der Waals surface area contributed by atoms with Crippen molar-refractivity contribution in [2.24, 2.45) is 0 Å². The van der Waals surface area contributed by atoms with Crippen molar-refractivity contribution in [1.29, 1.82) is 0 Å². The van der Waals surface area contributed by atoms with Crippen LogP contribution in [-0.4, -0.2) is 18.1 Å². The van der Waals surface area contributed by atoms with Gasteiger partial charge in [0.1, 0.15) is 5.82 Å². The smallest absolute Gasteiger partial charge is 0.133 e. The van der Waals surface area contributed by atoms with Gasteiger partial charge in [-0.15, -0.1) is 11.3 Å². The highest BCUT2D eigenvalue weighted by atomic mass is 79.9. The van der Waals surface area contributed by atoms with Gasteiger partial charge in [0, 0.05) is 21.3 Å². The molecule has 1 N–H and O–H groups in total. The van der Waals surface area contributed by atoms with E-state index in [0.29, 0.717) is 11.5 Å². The molecule has 1 saturated heterocycles. The number of benzene rings is 1. The van der Waals surface area contributed by atoms with Crippen LogP contribution in [0.3, 0.4) is 0 Å². The molecule has 5 heteroatoms. The van der Waals surface area contributed by atoms with Crippen molar-refractivity contribution in [3.63, 3.8) is 0 Å². The molecule has 0 unspecified atom stereocenters. The lowest BCUT2D eigenvalue weighted by Crippen LogP contribution is -2.26. The number of nitrogens with zero attached hydrogens (tertiary/aromatic N) is 1. The minimum atomic E-state index is -0.225. The summed E-state index contributed by atoms with van der Waals surface area (Å²) in [4.78, 5) is 4.63. The summed E-state index contributed by atoms with van der Waals surface area (Å²) in [5.74, 6) is 0.301. The first-order valence-electron chi connectivity index (χ1n) is 6.35. The summed E-state index contributed by atoms with van der Waals surface area (Å²) in [6, 6.07) is 5.11. The van der Waals surface area contributed by atoms with Crippen LogP contribution in [-0.2, 0) is 0 Å². The number of thiazole rings is 1. The van der Waals surface area contributed by atoms with Crippen LogP contribution >= 0.6 is 27.3 Å². The lowest BCUT2D eigenvalue weighted by molar-refractivity contribution is 0.459. The van der Waals surface area contributed by atoms with Crippen molar-refractivity contribution in [3.8, 4) is 11.3 Å². The number of rotatable bonds is 2. The minimum Gasteiger partial charge on any atom is -0.317 e. The summed E-state index contributed by atoms with van der Waals surface area (Å²) in [5.41, 5.74) is 1.34. The summed E-state index contributed by atoms with van der Waals surface area (Å²) in [6.07, 6.45) is 2.24. The van der Waals surface area contributed by atoms with E-state index in [2.05, 4.69) is 26.2 Å². The molecule has 100 valence electrons. The summed E-state index contributed by atoms with van der Waals surface area (Å²) in [7, 11) is 0. The van der Waals surface area contributed by atoms with E-state index in [4.69, 9.17) is 0 Å². The van der Waals surface area contributed by atoms with E-state index >= 15 is 0 Å². The van der Waals surface area contributed by atoms with Crippen molar-refractivity contribution in [2.75, 3.05) is 13.1 Å². The third kappa shape index (κ3) is 2.88. The van der Waals surface area contributed by atoms with E-state index in [9.17, 15) is 4.39 Å². The number of nitrogens with one attached hydrogen (secondary N) is 1. The summed E-state index contributed by atoms with van der Waals surface area (Å²) >= 11 is 4.92. The number of piperidine rings is 1. The lowest BCUT2D eigenvalue weighted by atomic mass is 9.99. The number of hydrogen-bond donors (Lipinski definition) is 1. The largest absolute Gasteiger partial charge is 0.317 e. The van der Waals surface area contributed by atoms with Crippen molar-refractivity contribution in [1.82, 2.24) is 10.3 Å². The number of hydrogen-bond acceptors (Lipinski definition) is 3. The second kappa shape index (κ2) is 5.69. The maximum absolute atomic E-state index is 13.9. The molecule has 0 amide bonds. The average molecular weight is 341 g/mol. The van der Waals surface area contributed by atoms with Gasteiger partial charge in [-0.05, 0) is 44.1 Å². The molecule has 1 aromatic carbocycles. The van der Waals surface area contributed by atoms with Crippen LogP contribution in [0.2, 0.25) is 0 Å². The van der Waals surface area contributed by atoms with Crippen molar-refractivity contribution >= 4 is 27.3 Å². The molecular formula is C14H14BrFN2S. The Balaban J connectivity index is 1.87. The van der Waals surface area contributed by atoms with Crippen LogP contribution in [0.4, 0.5) is 4.39 Å². The molecule has 0 aliphatic carbocycles. The van der Waals surface area contributed by atoms with Crippen LogP contribution in [0.5, 0.6) is 0 Å². The molecule has 0 bridgehead atoms. The first-order chi connectivity index (χ1) is 9.24. The topological polar surface area (TPSA) is 24.9 Å². The second-order valence-corrected chi connectivity index (χ2v) is 6.52. The van der Waals surface area contributed by atoms with Crippen molar-refractivity contribution in [3.05, 3.63) is 38.9 Å². The maximum atomic E-state index is 13.9. The van der Waals surface area contributed by atoms with Gasteiger partial charge in [0.25, 0.3) is 0 Å². The fourth-order valence-electron chi connectivity index (χ4n) is 2.36. The van der Waals surface area contributed by atoms with E-state index in [1.807, 2.05) is 11.4 Å². The monoisotopic (exact) mass is 340 g/mol. The summed E-state index contributed by atoms with van der Waals surface area (Å²) < 4.78 is 14.7. The van der Waals surface area contributed by atoms with E-state index in [-0.39, 0.29) is 5.82 Å². The van der Waals surface area contributed by atoms with Gasteiger partial charge in [-0.1, -0.05) is 15.9 Å². The zero-order valence-electron chi connectivity index (χ0n) is 10.3. The normalized spacial score (nSPS) is 16.7. The Morgan fingerprint density at radius 3 is 2.84 bits per heavy atom. The van der Waals surface area contributed by atoms with Gasteiger partial charge < -0.3 is 5.32 Å². The zero-order chi connectivity index (χ0) is 13.2. The van der Waals surface area contributed by atoms with Crippen LogP contribution in [0.1, 0.15) is 23.8 Å². The lowest BCUT2D eigenvalue weighted by Gasteiger charge is -2.20. The predicted octanol–water partition coefficient (Wildman–Crippen LogP) is 4.18. The van der Waals surface area contributed by atoms with E-state index in [1.165, 1.54) is 6.07 Å². The highest BCUT2D eigenvalue weighted by Crippen LogP contribution is 2.32. The first-order valence-corrected chi connectivity index (χ1v) is 8.03. The average Bonchev–Trinajstić information content (AvgIpc) is 2.89. The molecule has 0 atom stereocenters. The molecule has 0 spiro atoms. The third-order valence-electron chi connectivity index (χ3n) is 3.42.